The highest BCUT2D eigenvalue weighted by molar-refractivity contribution is 9.10. The van der Waals surface area contributed by atoms with Crippen LogP contribution in [0.5, 0.6) is 0 Å². The van der Waals surface area contributed by atoms with Crippen molar-refractivity contribution in [2.45, 2.75) is 45.1 Å². The number of amides is 1. The van der Waals surface area contributed by atoms with Crippen molar-refractivity contribution in [1.82, 2.24) is 10.3 Å². The van der Waals surface area contributed by atoms with Crippen LogP contribution >= 0.6 is 15.9 Å². The van der Waals surface area contributed by atoms with Crippen molar-refractivity contribution in [1.29, 1.82) is 5.26 Å². The molecule has 0 bridgehead atoms. The smallest absolute Gasteiger partial charge is 0.262 e. The number of aromatic nitrogens is 1. The third-order valence-corrected chi connectivity index (χ3v) is 4.81. The van der Waals surface area contributed by atoms with Gasteiger partial charge in [0.2, 0.25) is 0 Å². The van der Waals surface area contributed by atoms with Gasteiger partial charge in [-0.15, -0.1) is 0 Å². The summed E-state index contributed by atoms with van der Waals surface area (Å²) in [5.41, 5.74) is 2.12. The standard InChI is InChI=1S/C22H24BrN3O/c1-3-8-20(17-9-5-4-6-10-17)26-22(27)18(15-24)14-13-16(2)19-11-7-12-21(23)25-19/h4-7,9-12,14,16,20H,3,8,13H2,1-2H3,(H,26,27). The Morgan fingerprint density at radius 1 is 1.26 bits per heavy atom. The highest BCUT2D eigenvalue weighted by atomic mass is 79.9. The fraction of sp³-hybridized carbons (Fsp3) is 0.318. The Hall–Kier alpha value is -2.45. The lowest BCUT2D eigenvalue weighted by molar-refractivity contribution is -0.117. The minimum absolute atomic E-state index is 0.0929. The number of hydrogen-bond acceptors (Lipinski definition) is 3. The third-order valence-electron chi connectivity index (χ3n) is 4.37. The average Bonchev–Trinajstić information content (AvgIpc) is 2.68. The van der Waals surface area contributed by atoms with Gasteiger partial charge in [-0.05, 0) is 46.5 Å². The molecule has 1 amide bonds. The van der Waals surface area contributed by atoms with Crippen molar-refractivity contribution in [3.05, 3.63) is 76.0 Å². The fourth-order valence-corrected chi connectivity index (χ4v) is 3.19. The zero-order valence-electron chi connectivity index (χ0n) is 15.7. The highest BCUT2D eigenvalue weighted by Gasteiger charge is 2.17. The van der Waals surface area contributed by atoms with E-state index in [1.807, 2.05) is 61.5 Å². The van der Waals surface area contributed by atoms with E-state index < -0.39 is 0 Å². The summed E-state index contributed by atoms with van der Waals surface area (Å²) >= 11 is 3.37. The van der Waals surface area contributed by atoms with E-state index in [4.69, 9.17) is 0 Å². The second-order valence-corrected chi connectivity index (χ2v) is 7.29. The summed E-state index contributed by atoms with van der Waals surface area (Å²) in [6.07, 6.45) is 4.05. The molecule has 1 N–H and O–H groups in total. The number of nitrogens with zero attached hydrogens (tertiary/aromatic N) is 2. The molecule has 0 saturated heterocycles. The number of pyridine rings is 1. The Kier molecular flexibility index (Phi) is 8.22. The predicted molar refractivity (Wildman–Crippen MR) is 111 cm³/mol. The molecular formula is C22H24BrN3O. The maximum absolute atomic E-state index is 12.6. The van der Waals surface area contributed by atoms with Crippen LogP contribution < -0.4 is 5.32 Å². The Bertz CT molecular complexity index is 827. The Labute approximate surface area is 169 Å². The Morgan fingerprint density at radius 2 is 2.00 bits per heavy atom. The van der Waals surface area contributed by atoms with E-state index in [1.54, 1.807) is 6.08 Å². The first-order valence-corrected chi connectivity index (χ1v) is 9.93. The van der Waals surface area contributed by atoms with Crippen LogP contribution in [0.25, 0.3) is 0 Å². The fourth-order valence-electron chi connectivity index (χ4n) is 2.84. The molecule has 0 radical (unpaired) electrons. The van der Waals surface area contributed by atoms with Gasteiger partial charge in [-0.25, -0.2) is 4.98 Å². The van der Waals surface area contributed by atoms with Gasteiger partial charge < -0.3 is 5.32 Å². The lowest BCUT2D eigenvalue weighted by Gasteiger charge is -2.18. The summed E-state index contributed by atoms with van der Waals surface area (Å²) in [6.45, 7) is 4.11. The van der Waals surface area contributed by atoms with Crippen molar-refractivity contribution >= 4 is 21.8 Å². The van der Waals surface area contributed by atoms with Crippen molar-refractivity contribution in [2.24, 2.45) is 0 Å². The van der Waals surface area contributed by atoms with Crippen LogP contribution in [0, 0.1) is 11.3 Å². The number of carbonyl (C=O) groups is 1. The van der Waals surface area contributed by atoms with E-state index in [0.717, 1.165) is 28.7 Å². The molecule has 0 aliphatic carbocycles. The van der Waals surface area contributed by atoms with Crippen LogP contribution in [0.2, 0.25) is 0 Å². The van der Waals surface area contributed by atoms with Crippen molar-refractivity contribution in [3.8, 4) is 6.07 Å². The first-order valence-electron chi connectivity index (χ1n) is 9.13. The molecule has 2 rings (SSSR count). The summed E-state index contributed by atoms with van der Waals surface area (Å²) in [4.78, 5) is 17.0. The SMILES string of the molecule is CCCC(NC(=O)C(C#N)=CCC(C)c1cccc(Br)n1)c1ccccc1. The molecule has 0 spiro atoms. The number of allylic oxidation sites excluding steroid dienone is 1. The molecule has 2 unspecified atom stereocenters. The second-order valence-electron chi connectivity index (χ2n) is 6.48. The zero-order chi connectivity index (χ0) is 19.6. The highest BCUT2D eigenvalue weighted by Crippen LogP contribution is 2.21. The van der Waals surface area contributed by atoms with Crippen molar-refractivity contribution in [2.75, 3.05) is 0 Å². The van der Waals surface area contributed by atoms with Crippen LogP contribution in [-0.4, -0.2) is 10.9 Å². The molecule has 0 aliphatic rings. The molecular weight excluding hydrogens is 402 g/mol. The second kappa shape index (κ2) is 10.6. The molecule has 0 saturated carbocycles. The molecule has 0 fully saturated rings. The number of rotatable bonds is 8. The predicted octanol–water partition coefficient (Wildman–Crippen LogP) is 5.45. The van der Waals surface area contributed by atoms with Crippen LogP contribution in [-0.2, 0) is 4.79 Å². The first kappa shape index (κ1) is 20.9. The van der Waals surface area contributed by atoms with E-state index in [0.29, 0.717) is 6.42 Å². The van der Waals surface area contributed by atoms with Crippen LogP contribution in [0.15, 0.2) is 64.8 Å². The zero-order valence-corrected chi connectivity index (χ0v) is 17.2. The van der Waals surface area contributed by atoms with Gasteiger partial charge in [0.05, 0.1) is 6.04 Å². The Morgan fingerprint density at radius 3 is 2.63 bits per heavy atom. The maximum Gasteiger partial charge on any atom is 0.262 e. The first-order chi connectivity index (χ1) is 13.0. The van der Waals surface area contributed by atoms with E-state index in [9.17, 15) is 10.1 Å². The summed E-state index contributed by atoms with van der Waals surface area (Å²) in [6, 6.07) is 17.6. The van der Waals surface area contributed by atoms with Crippen LogP contribution in [0.4, 0.5) is 0 Å². The van der Waals surface area contributed by atoms with E-state index in [-0.39, 0.29) is 23.4 Å². The summed E-state index contributed by atoms with van der Waals surface area (Å²) in [5, 5.41) is 12.4. The summed E-state index contributed by atoms with van der Waals surface area (Å²) < 4.78 is 0.777. The van der Waals surface area contributed by atoms with E-state index in [1.165, 1.54) is 0 Å². The topological polar surface area (TPSA) is 65.8 Å². The van der Waals surface area contributed by atoms with Gasteiger partial charge >= 0.3 is 0 Å². The molecule has 140 valence electrons. The normalized spacial score (nSPS) is 13.5. The quantitative estimate of drug-likeness (QED) is 0.347. The van der Waals surface area contributed by atoms with Crippen LogP contribution in [0.1, 0.15) is 56.3 Å². The molecule has 4 nitrogen and oxygen atoms in total. The number of nitriles is 1. The largest absolute Gasteiger partial charge is 0.345 e. The van der Waals surface area contributed by atoms with Gasteiger partial charge in [0.1, 0.15) is 16.2 Å². The molecule has 5 heteroatoms. The van der Waals surface area contributed by atoms with Crippen LogP contribution in [0.3, 0.4) is 0 Å². The molecule has 27 heavy (non-hydrogen) atoms. The van der Waals surface area contributed by atoms with Gasteiger partial charge in [-0.2, -0.15) is 5.26 Å². The molecule has 1 aromatic heterocycles. The number of carbonyl (C=O) groups excluding carboxylic acids is 1. The lowest BCUT2D eigenvalue weighted by Crippen LogP contribution is -2.29. The van der Waals surface area contributed by atoms with Gasteiger partial charge in [0.25, 0.3) is 5.91 Å². The Balaban J connectivity index is 2.07. The summed E-state index contributed by atoms with van der Waals surface area (Å²) in [7, 11) is 0. The molecule has 2 atom stereocenters. The van der Waals surface area contributed by atoms with Gasteiger partial charge in [0, 0.05) is 11.6 Å². The van der Waals surface area contributed by atoms with Crippen molar-refractivity contribution < 1.29 is 4.79 Å². The number of nitrogens with one attached hydrogen (secondary N) is 1. The minimum Gasteiger partial charge on any atom is -0.345 e. The lowest BCUT2D eigenvalue weighted by atomic mass is 10.00. The van der Waals surface area contributed by atoms with E-state index >= 15 is 0 Å². The van der Waals surface area contributed by atoms with Gasteiger partial charge in [-0.1, -0.05) is 62.7 Å². The molecule has 0 aliphatic heterocycles. The molecule has 1 heterocycles. The summed E-state index contributed by atoms with van der Waals surface area (Å²) in [5.74, 6) is -0.214. The maximum atomic E-state index is 12.6. The average molecular weight is 426 g/mol. The minimum atomic E-state index is -0.325. The monoisotopic (exact) mass is 425 g/mol. The van der Waals surface area contributed by atoms with Gasteiger partial charge in [0.15, 0.2) is 0 Å². The molecule has 2 aromatic rings. The third kappa shape index (κ3) is 6.33. The number of benzene rings is 1. The number of halogens is 1. The number of hydrogen-bond donors (Lipinski definition) is 1. The molecule has 1 aromatic carbocycles. The van der Waals surface area contributed by atoms with E-state index in [2.05, 4.69) is 33.2 Å². The van der Waals surface area contributed by atoms with Gasteiger partial charge in [-0.3, -0.25) is 4.79 Å². The van der Waals surface area contributed by atoms with Crippen molar-refractivity contribution in [3.63, 3.8) is 0 Å².